The van der Waals surface area contributed by atoms with E-state index in [9.17, 15) is 9.67 Å². The highest BCUT2D eigenvalue weighted by molar-refractivity contribution is 7.73. The van der Waals surface area contributed by atoms with Gasteiger partial charge in [0, 0.05) is 7.11 Å². The maximum atomic E-state index is 12.3. The molecule has 0 saturated heterocycles. The molecule has 0 aromatic carbocycles. The molecule has 15 heavy (non-hydrogen) atoms. The summed E-state index contributed by atoms with van der Waals surface area (Å²) in [7, 11) is -2.33. The van der Waals surface area contributed by atoms with Crippen LogP contribution in [0.4, 0.5) is 0 Å². The molecule has 2 unspecified atom stereocenters. The highest BCUT2D eigenvalue weighted by Gasteiger charge is 2.47. The largest absolute Gasteiger partial charge is 0.379 e. The summed E-state index contributed by atoms with van der Waals surface area (Å²) in [6.07, 6.45) is 0. The van der Waals surface area contributed by atoms with Gasteiger partial charge in [0.05, 0.1) is 4.62 Å². The molecule has 86 valence electrons. The predicted molar refractivity (Wildman–Crippen MR) is 64.9 cm³/mol. The lowest BCUT2D eigenvalue weighted by molar-refractivity contribution is 0.228. The highest BCUT2D eigenvalue weighted by Crippen LogP contribution is 2.57. The Hall–Kier alpha value is 0.720. The second kappa shape index (κ2) is 4.92. The topological polar surface area (TPSA) is 46.5 Å². The van der Waals surface area contributed by atoms with Gasteiger partial charge in [-0.2, -0.15) is 0 Å². The van der Waals surface area contributed by atoms with Gasteiger partial charge in [-0.25, -0.2) is 0 Å². The van der Waals surface area contributed by atoms with E-state index in [-0.39, 0.29) is 0 Å². The Balaban J connectivity index is 3.12. The van der Waals surface area contributed by atoms with Crippen LogP contribution in [0.2, 0.25) is 0 Å². The average molecular weight is 310 g/mol. The van der Waals surface area contributed by atoms with Crippen molar-refractivity contribution in [2.24, 2.45) is 0 Å². The van der Waals surface area contributed by atoms with Crippen molar-refractivity contribution in [3.8, 4) is 0 Å². The van der Waals surface area contributed by atoms with Crippen molar-refractivity contribution in [3.63, 3.8) is 0 Å². The van der Waals surface area contributed by atoms with Crippen LogP contribution in [0.3, 0.4) is 0 Å². The highest BCUT2D eigenvalue weighted by atomic mass is 35.6. The van der Waals surface area contributed by atoms with Gasteiger partial charge in [0.1, 0.15) is 0 Å². The first-order chi connectivity index (χ1) is 6.82. The second-order valence-electron chi connectivity index (χ2n) is 2.65. The zero-order valence-corrected chi connectivity index (χ0v) is 11.5. The Morgan fingerprint density at radius 2 is 2.20 bits per heavy atom. The van der Waals surface area contributed by atoms with E-state index in [1.54, 1.807) is 17.5 Å². The molecule has 0 bridgehead atoms. The molecule has 8 heteroatoms. The summed E-state index contributed by atoms with van der Waals surface area (Å²) in [5.41, 5.74) is 0. The Bertz CT molecular complexity index is 362. The summed E-state index contributed by atoms with van der Waals surface area (Å²) in [6.45, 7) is 0. The van der Waals surface area contributed by atoms with Crippen LogP contribution in [-0.2, 0) is 9.09 Å². The number of hydrogen-bond acceptors (Lipinski definition) is 4. The van der Waals surface area contributed by atoms with Crippen LogP contribution in [0.1, 0.15) is 0 Å². The molecule has 0 saturated carbocycles. The quantitative estimate of drug-likeness (QED) is 0.690. The number of alkyl halides is 3. The molecule has 0 aliphatic heterocycles. The Morgan fingerprint density at radius 3 is 2.53 bits per heavy atom. The van der Waals surface area contributed by atoms with E-state index in [0.717, 1.165) is 0 Å². The van der Waals surface area contributed by atoms with E-state index < -0.39 is 17.0 Å². The average Bonchev–Trinajstić information content (AvgIpc) is 2.67. The second-order valence-corrected chi connectivity index (χ2v) is 8.80. The van der Waals surface area contributed by atoms with Crippen molar-refractivity contribution in [3.05, 3.63) is 17.5 Å². The Labute approximate surface area is 106 Å². The standard InChI is InChI=1S/C7H8Cl3O3PS/c1-13-14(12,5-3-2-4-15-5)6(11)7(8,9)10/h2-4,6,11H,1H3. The molecule has 0 spiro atoms. The number of hydrogen-bond donors (Lipinski definition) is 1. The molecule has 0 aliphatic carbocycles. The van der Waals surface area contributed by atoms with Gasteiger partial charge in [-0.05, 0) is 11.4 Å². The van der Waals surface area contributed by atoms with Gasteiger partial charge in [-0.1, -0.05) is 40.9 Å². The molecule has 1 aromatic heterocycles. The van der Waals surface area contributed by atoms with Crippen molar-refractivity contribution >= 4 is 58.1 Å². The maximum absolute atomic E-state index is 12.3. The lowest BCUT2D eigenvalue weighted by Crippen LogP contribution is -2.29. The van der Waals surface area contributed by atoms with Gasteiger partial charge < -0.3 is 9.63 Å². The third-order valence-corrected chi connectivity index (χ3v) is 6.86. The monoisotopic (exact) mass is 308 g/mol. The minimum absolute atomic E-state index is 0.365. The Kier molecular flexibility index (Phi) is 4.53. The normalized spacial score (nSPS) is 18.5. The van der Waals surface area contributed by atoms with Crippen molar-refractivity contribution in [2.75, 3.05) is 7.11 Å². The number of aliphatic hydroxyl groups excluding tert-OH is 1. The first kappa shape index (κ1) is 13.8. The van der Waals surface area contributed by atoms with Crippen LogP contribution < -0.4 is 4.62 Å². The third kappa shape index (κ3) is 2.89. The lowest BCUT2D eigenvalue weighted by atomic mass is 10.7. The summed E-state index contributed by atoms with van der Waals surface area (Å²) >= 11 is 17.7. The van der Waals surface area contributed by atoms with Crippen LogP contribution in [0.5, 0.6) is 0 Å². The third-order valence-electron chi connectivity index (χ3n) is 1.70. The number of thiophene rings is 1. The fraction of sp³-hybridized carbons (Fsp3) is 0.429. The molecule has 1 aromatic rings. The summed E-state index contributed by atoms with van der Waals surface area (Å²) in [5.74, 6) is -1.68. The number of halogens is 3. The van der Waals surface area contributed by atoms with Crippen molar-refractivity contribution < 1.29 is 14.2 Å². The molecule has 0 fully saturated rings. The molecular weight excluding hydrogens is 301 g/mol. The molecule has 2 atom stereocenters. The zero-order valence-electron chi connectivity index (χ0n) is 7.56. The summed E-state index contributed by atoms with van der Waals surface area (Å²) in [5, 5.41) is 11.4. The van der Waals surface area contributed by atoms with Gasteiger partial charge in [0.15, 0.2) is 5.85 Å². The van der Waals surface area contributed by atoms with Crippen LogP contribution in [-0.4, -0.2) is 21.9 Å². The first-order valence-electron chi connectivity index (χ1n) is 3.76. The fourth-order valence-corrected chi connectivity index (χ4v) is 5.15. The van der Waals surface area contributed by atoms with Crippen LogP contribution in [0.25, 0.3) is 0 Å². The molecule has 1 N–H and O–H groups in total. The molecule has 0 radical (unpaired) electrons. The Morgan fingerprint density at radius 1 is 1.60 bits per heavy atom. The van der Waals surface area contributed by atoms with E-state index >= 15 is 0 Å². The molecule has 3 nitrogen and oxygen atoms in total. The minimum Gasteiger partial charge on any atom is -0.379 e. The maximum Gasteiger partial charge on any atom is 0.273 e. The van der Waals surface area contributed by atoms with Gasteiger partial charge in [0.25, 0.3) is 7.37 Å². The van der Waals surface area contributed by atoms with E-state index in [1.165, 1.54) is 18.4 Å². The molecular formula is C7H8Cl3O3PS. The molecule has 1 rings (SSSR count). The molecule has 0 amide bonds. The van der Waals surface area contributed by atoms with Gasteiger partial charge in [0.2, 0.25) is 3.79 Å². The SMILES string of the molecule is COP(=O)(c1cccs1)C(O)C(Cl)(Cl)Cl. The van der Waals surface area contributed by atoms with Crippen LogP contribution in [0, 0.1) is 0 Å². The van der Waals surface area contributed by atoms with Crippen LogP contribution >= 0.6 is 53.5 Å². The van der Waals surface area contributed by atoms with E-state index in [4.69, 9.17) is 39.3 Å². The van der Waals surface area contributed by atoms with Gasteiger partial charge >= 0.3 is 0 Å². The van der Waals surface area contributed by atoms with E-state index in [0.29, 0.717) is 4.62 Å². The lowest BCUT2D eigenvalue weighted by Gasteiger charge is -2.25. The van der Waals surface area contributed by atoms with E-state index in [1.807, 2.05) is 0 Å². The molecule has 0 aliphatic rings. The van der Waals surface area contributed by atoms with E-state index in [2.05, 4.69) is 0 Å². The zero-order chi connectivity index (χ0) is 11.7. The minimum atomic E-state index is -3.54. The predicted octanol–water partition coefficient (Wildman–Crippen LogP) is 2.99. The summed E-state index contributed by atoms with van der Waals surface area (Å²) < 4.78 is 15.4. The summed E-state index contributed by atoms with van der Waals surface area (Å²) in [6, 6.07) is 3.24. The summed E-state index contributed by atoms with van der Waals surface area (Å²) in [4.78, 5) is 0. The number of rotatable bonds is 3. The van der Waals surface area contributed by atoms with Gasteiger partial charge in [-0.3, -0.25) is 4.57 Å². The van der Waals surface area contributed by atoms with Crippen molar-refractivity contribution in [1.29, 1.82) is 0 Å². The first-order valence-corrected chi connectivity index (χ1v) is 7.47. The van der Waals surface area contributed by atoms with Crippen molar-refractivity contribution in [2.45, 2.75) is 9.64 Å². The number of aliphatic hydroxyl groups is 1. The van der Waals surface area contributed by atoms with Gasteiger partial charge in [-0.15, -0.1) is 11.3 Å². The van der Waals surface area contributed by atoms with Crippen LogP contribution in [0.15, 0.2) is 17.5 Å². The smallest absolute Gasteiger partial charge is 0.273 e. The van der Waals surface area contributed by atoms with Crippen molar-refractivity contribution in [1.82, 2.24) is 0 Å². The fourth-order valence-electron chi connectivity index (χ4n) is 0.950. The molecule has 1 heterocycles.